The zero-order chi connectivity index (χ0) is 16.3. The highest BCUT2D eigenvalue weighted by Gasteiger charge is 2.47. The smallest absolute Gasteiger partial charge is 0.277 e. The van der Waals surface area contributed by atoms with Gasteiger partial charge in [0, 0.05) is 18.2 Å². The number of nitrogens with zero attached hydrogens (tertiary/aromatic N) is 1. The van der Waals surface area contributed by atoms with Crippen LogP contribution in [-0.2, 0) is 6.54 Å². The lowest BCUT2D eigenvalue weighted by Gasteiger charge is -2.54. The fourth-order valence-corrected chi connectivity index (χ4v) is 5.77. The van der Waals surface area contributed by atoms with E-state index >= 15 is 0 Å². The van der Waals surface area contributed by atoms with Crippen molar-refractivity contribution in [2.75, 3.05) is 6.79 Å². The number of hydrogen-bond donors (Lipinski definition) is 1. The molecule has 6 rings (SSSR count). The van der Waals surface area contributed by atoms with Crippen LogP contribution in [0.2, 0.25) is 0 Å². The van der Waals surface area contributed by atoms with Gasteiger partial charge in [-0.25, -0.2) is 0 Å². The minimum absolute atomic E-state index is 0.121. The average Bonchev–Trinajstić information content (AvgIpc) is 3.00. The number of hydrogen-bond acceptors (Lipinski definition) is 5. The van der Waals surface area contributed by atoms with Gasteiger partial charge in [0.05, 0.1) is 11.0 Å². The van der Waals surface area contributed by atoms with Crippen molar-refractivity contribution < 1.29 is 14.4 Å². The van der Waals surface area contributed by atoms with Gasteiger partial charge in [-0.1, -0.05) is 0 Å². The van der Waals surface area contributed by atoms with E-state index in [0.717, 1.165) is 23.7 Å². The summed E-state index contributed by atoms with van der Waals surface area (Å²) in [4.78, 5) is 11.1. The summed E-state index contributed by atoms with van der Waals surface area (Å²) >= 11 is 0. The van der Waals surface area contributed by atoms with E-state index in [9.17, 15) is 10.1 Å². The molecule has 1 heterocycles. The van der Waals surface area contributed by atoms with Gasteiger partial charge in [-0.05, 0) is 61.8 Å². The molecule has 128 valence electrons. The van der Waals surface area contributed by atoms with Crippen LogP contribution < -0.4 is 14.8 Å². The van der Waals surface area contributed by atoms with Crippen LogP contribution in [0.5, 0.6) is 11.5 Å². The normalized spacial score (nSPS) is 35.4. The number of nitro groups is 1. The molecule has 4 aliphatic carbocycles. The Hall–Kier alpha value is -1.82. The summed E-state index contributed by atoms with van der Waals surface area (Å²) in [6.45, 7) is 0.666. The number of nitro benzene ring substituents is 1. The molecule has 24 heavy (non-hydrogen) atoms. The van der Waals surface area contributed by atoms with Crippen LogP contribution in [0.4, 0.5) is 5.69 Å². The summed E-state index contributed by atoms with van der Waals surface area (Å²) in [5.74, 6) is 4.47. The summed E-state index contributed by atoms with van der Waals surface area (Å²) in [7, 11) is 0. The molecule has 0 spiro atoms. The molecule has 1 N–H and O–H groups in total. The van der Waals surface area contributed by atoms with E-state index in [4.69, 9.17) is 9.47 Å². The van der Waals surface area contributed by atoms with E-state index in [0.29, 0.717) is 29.6 Å². The molecule has 6 heteroatoms. The molecule has 4 saturated carbocycles. The lowest BCUT2D eigenvalue weighted by molar-refractivity contribution is -0.385. The lowest BCUT2D eigenvalue weighted by Crippen LogP contribution is -2.54. The maximum Gasteiger partial charge on any atom is 0.277 e. The maximum absolute atomic E-state index is 11.4. The number of ether oxygens (including phenoxy) is 2. The topological polar surface area (TPSA) is 73.6 Å². The molecule has 4 bridgehead atoms. The van der Waals surface area contributed by atoms with Gasteiger partial charge >= 0.3 is 0 Å². The quantitative estimate of drug-likeness (QED) is 0.678. The molecule has 0 radical (unpaired) electrons. The lowest BCUT2D eigenvalue weighted by atomic mass is 9.54. The Labute approximate surface area is 140 Å². The van der Waals surface area contributed by atoms with Crippen molar-refractivity contribution in [1.29, 1.82) is 0 Å². The van der Waals surface area contributed by atoms with Crippen LogP contribution in [0.3, 0.4) is 0 Å². The van der Waals surface area contributed by atoms with Crippen molar-refractivity contribution in [2.24, 2.45) is 23.7 Å². The fraction of sp³-hybridized carbons (Fsp3) is 0.667. The summed E-state index contributed by atoms with van der Waals surface area (Å²) < 4.78 is 10.7. The highest BCUT2D eigenvalue weighted by Crippen LogP contribution is 2.53. The Morgan fingerprint density at radius 1 is 1.04 bits per heavy atom. The Balaban J connectivity index is 1.36. The highest BCUT2D eigenvalue weighted by atomic mass is 16.7. The first-order chi connectivity index (χ1) is 11.7. The third-order valence-corrected chi connectivity index (χ3v) is 6.53. The number of rotatable bonds is 4. The van der Waals surface area contributed by atoms with Gasteiger partial charge in [0.2, 0.25) is 6.79 Å². The monoisotopic (exact) mass is 330 g/mol. The fourth-order valence-electron chi connectivity index (χ4n) is 5.77. The summed E-state index contributed by atoms with van der Waals surface area (Å²) in [5, 5.41) is 15.1. The molecular formula is C18H22N2O4. The van der Waals surface area contributed by atoms with Crippen molar-refractivity contribution in [3.05, 3.63) is 27.8 Å². The molecule has 1 aliphatic heterocycles. The second-order valence-corrected chi connectivity index (χ2v) is 7.93. The minimum atomic E-state index is -0.324. The molecule has 1 aromatic carbocycles. The van der Waals surface area contributed by atoms with Gasteiger partial charge in [0.1, 0.15) is 0 Å². The van der Waals surface area contributed by atoms with Gasteiger partial charge in [-0.3, -0.25) is 10.1 Å². The van der Waals surface area contributed by atoms with E-state index in [2.05, 4.69) is 5.32 Å². The van der Waals surface area contributed by atoms with E-state index in [1.165, 1.54) is 38.2 Å². The summed E-state index contributed by atoms with van der Waals surface area (Å²) in [6.07, 6.45) is 6.80. The number of benzene rings is 1. The van der Waals surface area contributed by atoms with Gasteiger partial charge in [0.25, 0.3) is 5.69 Å². The first kappa shape index (κ1) is 14.5. The van der Waals surface area contributed by atoms with Crippen molar-refractivity contribution in [3.8, 4) is 11.5 Å². The van der Waals surface area contributed by atoms with Crippen LogP contribution >= 0.6 is 0 Å². The first-order valence-electron chi connectivity index (χ1n) is 8.97. The Morgan fingerprint density at radius 3 is 2.29 bits per heavy atom. The summed E-state index contributed by atoms with van der Waals surface area (Å²) in [5.41, 5.74) is 0.814. The largest absolute Gasteiger partial charge is 0.454 e. The van der Waals surface area contributed by atoms with E-state index < -0.39 is 0 Å². The molecule has 0 amide bonds. The maximum atomic E-state index is 11.4. The van der Waals surface area contributed by atoms with Gasteiger partial charge in [0.15, 0.2) is 11.5 Å². The first-order valence-corrected chi connectivity index (χ1v) is 8.97. The number of nitrogens with one attached hydrogen (secondary N) is 1. The molecular weight excluding hydrogens is 308 g/mol. The van der Waals surface area contributed by atoms with Crippen molar-refractivity contribution in [1.82, 2.24) is 5.32 Å². The molecule has 5 aliphatic rings. The molecule has 1 aromatic rings. The van der Waals surface area contributed by atoms with Crippen LogP contribution in [0.1, 0.15) is 37.7 Å². The Morgan fingerprint density at radius 2 is 1.67 bits per heavy atom. The highest BCUT2D eigenvalue weighted by molar-refractivity contribution is 5.55. The van der Waals surface area contributed by atoms with E-state index in [1.807, 2.05) is 0 Å². The third-order valence-electron chi connectivity index (χ3n) is 6.53. The third kappa shape index (κ3) is 2.27. The molecule has 0 unspecified atom stereocenters. The zero-order valence-corrected chi connectivity index (χ0v) is 13.6. The van der Waals surface area contributed by atoms with Crippen molar-refractivity contribution >= 4 is 5.69 Å². The van der Waals surface area contributed by atoms with E-state index in [-0.39, 0.29) is 17.4 Å². The predicted octanol–water partition coefficient (Wildman–Crippen LogP) is 3.24. The molecule has 0 atom stereocenters. The summed E-state index contributed by atoms with van der Waals surface area (Å²) in [6, 6.07) is 3.78. The standard InChI is InChI=1S/C18H22N2O4/c21-20(22)15-7-17-16(23-9-24-17)6-14(15)8-19-18-12-2-10-1-11(4-12)5-13(18)3-10/h6-7,10-13,18-19H,1-5,8-9H2. The molecule has 0 aromatic heterocycles. The molecule has 4 fully saturated rings. The van der Waals surface area contributed by atoms with Gasteiger partial charge < -0.3 is 14.8 Å². The van der Waals surface area contributed by atoms with Crippen LogP contribution in [0.15, 0.2) is 12.1 Å². The number of fused-ring (bicyclic) bond motifs is 1. The second kappa shape index (κ2) is 5.34. The zero-order valence-electron chi connectivity index (χ0n) is 13.6. The molecule has 0 saturated heterocycles. The average molecular weight is 330 g/mol. The Bertz CT molecular complexity index is 662. The molecule has 6 nitrogen and oxygen atoms in total. The second-order valence-electron chi connectivity index (χ2n) is 7.93. The SMILES string of the molecule is O=[N+]([O-])c1cc2c(cc1CNC1C3CC4CC(C3)CC1C4)OCO2. The minimum Gasteiger partial charge on any atom is -0.454 e. The van der Waals surface area contributed by atoms with Gasteiger partial charge in [-0.15, -0.1) is 0 Å². The van der Waals surface area contributed by atoms with Crippen LogP contribution in [0.25, 0.3) is 0 Å². The van der Waals surface area contributed by atoms with Crippen LogP contribution in [-0.4, -0.2) is 17.8 Å². The van der Waals surface area contributed by atoms with Gasteiger partial charge in [-0.2, -0.15) is 0 Å². The van der Waals surface area contributed by atoms with Crippen LogP contribution in [0, 0.1) is 33.8 Å². The van der Waals surface area contributed by atoms with E-state index in [1.54, 1.807) is 6.07 Å². The predicted molar refractivity (Wildman–Crippen MR) is 86.9 cm³/mol. The Kier molecular flexibility index (Phi) is 3.23. The van der Waals surface area contributed by atoms with Crippen molar-refractivity contribution in [2.45, 2.75) is 44.7 Å². The van der Waals surface area contributed by atoms with Crippen molar-refractivity contribution in [3.63, 3.8) is 0 Å².